The lowest BCUT2D eigenvalue weighted by Gasteiger charge is -2.04. The van der Waals surface area contributed by atoms with E-state index in [0.29, 0.717) is 15.0 Å². The maximum absolute atomic E-state index is 12.0. The summed E-state index contributed by atoms with van der Waals surface area (Å²) >= 11 is 7.95. The third-order valence-corrected chi connectivity index (χ3v) is 4.48. The van der Waals surface area contributed by atoms with Crippen LogP contribution >= 0.6 is 43.2 Å². The van der Waals surface area contributed by atoms with Crippen molar-refractivity contribution in [3.05, 3.63) is 43.2 Å². The van der Waals surface area contributed by atoms with Crippen LogP contribution in [0.3, 0.4) is 0 Å². The van der Waals surface area contributed by atoms with Gasteiger partial charge in [-0.05, 0) is 44.0 Å². The van der Waals surface area contributed by atoms with E-state index in [1.807, 2.05) is 0 Å². The lowest BCUT2D eigenvalue weighted by Crippen LogP contribution is -2.12. The molecule has 2 aromatic heterocycles. The van der Waals surface area contributed by atoms with Crippen molar-refractivity contribution in [2.75, 3.05) is 5.32 Å². The number of thiophene rings is 1. The highest BCUT2D eigenvalue weighted by Crippen LogP contribution is 2.32. The number of carbonyl (C=O) groups excluding carboxylic acids is 1. The maximum Gasteiger partial charge on any atom is 0.337 e. The molecule has 0 bridgehead atoms. The lowest BCUT2D eigenvalue weighted by molar-refractivity contribution is 0.0696. The summed E-state index contributed by atoms with van der Waals surface area (Å²) in [6.07, 6.45) is 2.61. The molecule has 0 unspecified atom stereocenters. The number of anilines is 1. The van der Waals surface area contributed by atoms with Gasteiger partial charge in [0, 0.05) is 6.20 Å². The highest BCUT2D eigenvalue weighted by molar-refractivity contribution is 9.12. The smallest absolute Gasteiger partial charge is 0.337 e. The third-order valence-electron chi connectivity index (χ3n) is 2.14. The van der Waals surface area contributed by atoms with Crippen molar-refractivity contribution in [2.24, 2.45) is 0 Å². The second-order valence-corrected chi connectivity index (χ2v) is 7.21. The summed E-state index contributed by atoms with van der Waals surface area (Å²) in [5.74, 6) is -1.43. The van der Waals surface area contributed by atoms with Gasteiger partial charge in [0.15, 0.2) is 0 Å². The molecule has 0 saturated heterocycles. The molecule has 2 rings (SSSR count). The summed E-state index contributed by atoms with van der Waals surface area (Å²) in [6, 6.07) is 3.03. The van der Waals surface area contributed by atoms with E-state index in [4.69, 9.17) is 5.11 Å². The Morgan fingerprint density at radius 3 is 2.58 bits per heavy atom. The normalized spacial score (nSPS) is 10.2. The molecule has 5 nitrogen and oxygen atoms in total. The number of amides is 1. The molecule has 0 spiro atoms. The summed E-state index contributed by atoms with van der Waals surface area (Å²) in [6.45, 7) is 0. The summed E-state index contributed by atoms with van der Waals surface area (Å²) in [5, 5.41) is 11.4. The number of nitrogens with zero attached hydrogens (tertiary/aromatic N) is 1. The van der Waals surface area contributed by atoms with Crippen LogP contribution in [-0.4, -0.2) is 22.0 Å². The van der Waals surface area contributed by atoms with Crippen LogP contribution < -0.4 is 5.32 Å². The molecule has 0 aliphatic rings. The van der Waals surface area contributed by atoms with Crippen molar-refractivity contribution in [1.82, 2.24) is 4.98 Å². The first-order valence-electron chi connectivity index (χ1n) is 4.92. The number of carboxylic acids is 1. The molecule has 0 aromatic carbocycles. The predicted octanol–water partition coefficient (Wildman–Crippen LogP) is 3.62. The number of carbonyl (C=O) groups is 2. The average molecular weight is 406 g/mol. The predicted molar refractivity (Wildman–Crippen MR) is 78.9 cm³/mol. The Bertz CT molecular complexity index is 657. The fraction of sp³-hybridized carbons (Fsp3) is 0. The van der Waals surface area contributed by atoms with Gasteiger partial charge in [0.05, 0.1) is 30.6 Å². The minimum atomic E-state index is -1.09. The Morgan fingerprint density at radius 2 is 2.00 bits per heavy atom. The molecule has 2 N–H and O–H groups in total. The Kier molecular flexibility index (Phi) is 4.33. The molecule has 0 atom stereocenters. The van der Waals surface area contributed by atoms with Crippen molar-refractivity contribution >= 4 is 60.8 Å². The van der Waals surface area contributed by atoms with E-state index < -0.39 is 5.97 Å². The van der Waals surface area contributed by atoms with E-state index in [0.717, 1.165) is 3.79 Å². The van der Waals surface area contributed by atoms with Gasteiger partial charge in [-0.25, -0.2) is 4.79 Å². The highest BCUT2D eigenvalue weighted by Gasteiger charge is 2.14. The zero-order chi connectivity index (χ0) is 14.0. The Hall–Kier alpha value is -1.25. The first-order chi connectivity index (χ1) is 8.97. The van der Waals surface area contributed by atoms with Gasteiger partial charge in [0.2, 0.25) is 0 Å². The van der Waals surface area contributed by atoms with Crippen LogP contribution in [0.4, 0.5) is 5.69 Å². The quantitative estimate of drug-likeness (QED) is 0.817. The summed E-state index contributed by atoms with van der Waals surface area (Å²) < 4.78 is 1.51. The largest absolute Gasteiger partial charge is 0.478 e. The Morgan fingerprint density at radius 1 is 1.26 bits per heavy atom. The van der Waals surface area contributed by atoms with Crippen LogP contribution in [0.2, 0.25) is 0 Å². The van der Waals surface area contributed by atoms with Gasteiger partial charge in [0.25, 0.3) is 5.91 Å². The Balaban J connectivity index is 2.21. The molecule has 0 radical (unpaired) electrons. The molecule has 8 heteroatoms. The van der Waals surface area contributed by atoms with E-state index in [2.05, 4.69) is 42.2 Å². The van der Waals surface area contributed by atoms with E-state index in [9.17, 15) is 9.59 Å². The molecule has 0 aliphatic heterocycles. The highest BCUT2D eigenvalue weighted by atomic mass is 79.9. The molecular formula is C11H6Br2N2O3S. The summed E-state index contributed by atoms with van der Waals surface area (Å²) in [5.41, 5.74) is 0.820. The first-order valence-corrected chi connectivity index (χ1v) is 7.32. The standard InChI is InChI=1S/C11H6Br2N2O3S/c12-8-2-7(9(13)19-8)10(16)15-6-1-5(11(17)18)3-14-4-6/h1-4H,(H,15,16)(H,17,18). The van der Waals surface area contributed by atoms with Gasteiger partial charge < -0.3 is 10.4 Å². The van der Waals surface area contributed by atoms with Gasteiger partial charge in [-0.2, -0.15) is 0 Å². The summed E-state index contributed by atoms with van der Waals surface area (Å²) in [7, 11) is 0. The average Bonchev–Trinajstić information content (AvgIpc) is 2.69. The van der Waals surface area contributed by atoms with Crippen LogP contribution in [0, 0.1) is 0 Å². The second kappa shape index (κ2) is 5.81. The van der Waals surface area contributed by atoms with Gasteiger partial charge in [-0.15, -0.1) is 11.3 Å². The van der Waals surface area contributed by atoms with Crippen LogP contribution in [0.1, 0.15) is 20.7 Å². The molecule has 0 saturated carbocycles. The Labute approximate surface area is 128 Å². The van der Waals surface area contributed by atoms with E-state index in [1.54, 1.807) is 6.07 Å². The van der Waals surface area contributed by atoms with Crippen LogP contribution in [-0.2, 0) is 0 Å². The number of aromatic carboxylic acids is 1. The van der Waals surface area contributed by atoms with Gasteiger partial charge >= 0.3 is 5.97 Å². The van der Waals surface area contributed by atoms with E-state index in [-0.39, 0.29) is 11.5 Å². The molecule has 1 amide bonds. The molecule has 0 aliphatic carbocycles. The molecular weight excluding hydrogens is 400 g/mol. The van der Waals surface area contributed by atoms with Crippen molar-refractivity contribution in [3.63, 3.8) is 0 Å². The molecule has 19 heavy (non-hydrogen) atoms. The maximum atomic E-state index is 12.0. The van der Waals surface area contributed by atoms with E-state index in [1.165, 1.54) is 29.8 Å². The zero-order valence-corrected chi connectivity index (χ0v) is 13.2. The minimum Gasteiger partial charge on any atom is -0.478 e. The minimum absolute atomic E-state index is 0.0170. The monoisotopic (exact) mass is 404 g/mol. The number of carboxylic acid groups (broad SMARTS) is 1. The molecule has 98 valence electrons. The number of rotatable bonds is 3. The first kappa shape index (κ1) is 14.2. The van der Waals surface area contributed by atoms with Crippen LogP contribution in [0.25, 0.3) is 0 Å². The number of nitrogens with one attached hydrogen (secondary N) is 1. The van der Waals surface area contributed by atoms with E-state index >= 15 is 0 Å². The third kappa shape index (κ3) is 3.40. The van der Waals surface area contributed by atoms with Crippen molar-refractivity contribution < 1.29 is 14.7 Å². The number of hydrogen-bond donors (Lipinski definition) is 2. The van der Waals surface area contributed by atoms with Crippen LogP contribution in [0.5, 0.6) is 0 Å². The fourth-order valence-electron chi connectivity index (χ4n) is 1.32. The lowest BCUT2D eigenvalue weighted by atomic mass is 10.2. The fourth-order valence-corrected chi connectivity index (χ4v) is 4.11. The number of pyridine rings is 1. The molecule has 2 heterocycles. The summed E-state index contributed by atoms with van der Waals surface area (Å²) in [4.78, 5) is 26.6. The van der Waals surface area contributed by atoms with Gasteiger partial charge in [-0.1, -0.05) is 0 Å². The molecule has 0 fully saturated rings. The second-order valence-electron chi connectivity index (χ2n) is 3.46. The molecule has 2 aromatic rings. The van der Waals surface area contributed by atoms with Crippen molar-refractivity contribution in [1.29, 1.82) is 0 Å². The van der Waals surface area contributed by atoms with Crippen LogP contribution in [0.15, 0.2) is 32.1 Å². The SMILES string of the molecule is O=C(O)c1cncc(NC(=O)c2cc(Br)sc2Br)c1. The van der Waals surface area contributed by atoms with Gasteiger partial charge in [-0.3, -0.25) is 9.78 Å². The van der Waals surface area contributed by atoms with Gasteiger partial charge in [0.1, 0.15) is 0 Å². The number of halogens is 2. The van der Waals surface area contributed by atoms with Crippen molar-refractivity contribution in [3.8, 4) is 0 Å². The van der Waals surface area contributed by atoms with Crippen molar-refractivity contribution in [2.45, 2.75) is 0 Å². The zero-order valence-electron chi connectivity index (χ0n) is 9.18. The number of aromatic nitrogens is 1. The topological polar surface area (TPSA) is 79.3 Å². The number of hydrogen-bond acceptors (Lipinski definition) is 4.